The number of nitrogens with two attached hydrogens (primary N) is 1. The van der Waals surface area contributed by atoms with Gasteiger partial charge in [-0.15, -0.1) is 0 Å². The van der Waals surface area contributed by atoms with Crippen LogP contribution in [0, 0.1) is 11.8 Å². The molecule has 3 aliphatic rings. The molecule has 0 amide bonds. The molecular formula is C16H31N3. The van der Waals surface area contributed by atoms with E-state index in [-0.39, 0.29) is 0 Å². The Bertz CT molecular complexity index is 319. The van der Waals surface area contributed by atoms with Crippen LogP contribution in [0.15, 0.2) is 0 Å². The molecule has 0 spiro atoms. The van der Waals surface area contributed by atoms with Gasteiger partial charge in [0.25, 0.3) is 0 Å². The summed E-state index contributed by atoms with van der Waals surface area (Å²) in [6.45, 7) is 10.8. The lowest BCUT2D eigenvalue weighted by atomic mass is 9.68. The van der Waals surface area contributed by atoms with E-state index in [0.29, 0.717) is 5.54 Å². The van der Waals surface area contributed by atoms with Gasteiger partial charge in [0, 0.05) is 37.8 Å². The highest BCUT2D eigenvalue weighted by Crippen LogP contribution is 2.41. The van der Waals surface area contributed by atoms with Gasteiger partial charge in [-0.3, -0.25) is 9.80 Å². The number of hydrogen-bond donors (Lipinski definition) is 1. The molecule has 2 heterocycles. The molecule has 3 heteroatoms. The first-order chi connectivity index (χ1) is 9.15. The van der Waals surface area contributed by atoms with E-state index in [9.17, 15) is 0 Å². The van der Waals surface area contributed by atoms with Gasteiger partial charge in [0.2, 0.25) is 0 Å². The fourth-order valence-corrected chi connectivity index (χ4v) is 4.98. The summed E-state index contributed by atoms with van der Waals surface area (Å²) in [5.41, 5.74) is 6.59. The molecule has 2 N–H and O–H groups in total. The summed E-state index contributed by atoms with van der Waals surface area (Å²) in [6, 6.07) is 0.823. The van der Waals surface area contributed by atoms with Gasteiger partial charge in [0.05, 0.1) is 0 Å². The van der Waals surface area contributed by atoms with Crippen LogP contribution < -0.4 is 5.73 Å². The summed E-state index contributed by atoms with van der Waals surface area (Å²) < 4.78 is 0. The van der Waals surface area contributed by atoms with Crippen LogP contribution in [-0.4, -0.2) is 54.1 Å². The van der Waals surface area contributed by atoms with Crippen LogP contribution in [0.3, 0.4) is 0 Å². The van der Waals surface area contributed by atoms with Crippen LogP contribution in [0.5, 0.6) is 0 Å². The largest absolute Gasteiger partial charge is 0.329 e. The average molecular weight is 265 g/mol. The summed E-state index contributed by atoms with van der Waals surface area (Å²) in [7, 11) is 0. The Morgan fingerprint density at radius 2 is 2.00 bits per heavy atom. The molecule has 1 saturated carbocycles. The zero-order chi connectivity index (χ0) is 13.5. The lowest BCUT2D eigenvalue weighted by molar-refractivity contribution is -0.0398. The summed E-state index contributed by atoms with van der Waals surface area (Å²) in [4.78, 5) is 5.49. The van der Waals surface area contributed by atoms with Crippen molar-refractivity contribution in [1.82, 2.24) is 9.80 Å². The molecule has 4 atom stereocenters. The average Bonchev–Trinajstić information content (AvgIpc) is 2.87. The molecule has 3 nitrogen and oxygen atoms in total. The van der Waals surface area contributed by atoms with Crippen LogP contribution in [-0.2, 0) is 0 Å². The van der Waals surface area contributed by atoms with Crippen molar-refractivity contribution in [3.05, 3.63) is 0 Å². The number of nitrogens with zero attached hydrogens (tertiary/aromatic N) is 2. The van der Waals surface area contributed by atoms with Crippen molar-refractivity contribution in [1.29, 1.82) is 0 Å². The highest BCUT2D eigenvalue weighted by molar-refractivity contribution is 5.03. The van der Waals surface area contributed by atoms with Crippen LogP contribution >= 0.6 is 0 Å². The van der Waals surface area contributed by atoms with E-state index in [1.54, 1.807) is 0 Å². The maximum Gasteiger partial charge on any atom is 0.0358 e. The molecule has 0 radical (unpaired) electrons. The maximum atomic E-state index is 6.29. The van der Waals surface area contributed by atoms with Crippen molar-refractivity contribution in [2.45, 2.75) is 57.5 Å². The lowest BCUT2D eigenvalue weighted by Gasteiger charge is -2.54. The third kappa shape index (κ3) is 2.34. The van der Waals surface area contributed by atoms with Crippen LogP contribution in [0.2, 0.25) is 0 Å². The molecule has 3 rings (SSSR count). The molecule has 1 aliphatic carbocycles. The molecule has 4 unspecified atom stereocenters. The highest BCUT2D eigenvalue weighted by Gasteiger charge is 2.46. The SMILES string of the molecule is CC1CCC(CN)(N2CCN3CCCC3C2)C(C)C1. The Kier molecular flexibility index (Phi) is 3.89. The second kappa shape index (κ2) is 5.34. The topological polar surface area (TPSA) is 32.5 Å². The fourth-order valence-electron chi connectivity index (χ4n) is 4.98. The second-order valence-corrected chi connectivity index (χ2v) is 7.37. The maximum absolute atomic E-state index is 6.29. The van der Waals surface area contributed by atoms with E-state index in [1.807, 2.05) is 0 Å². The third-order valence-corrected chi connectivity index (χ3v) is 6.31. The summed E-state index contributed by atoms with van der Waals surface area (Å²) >= 11 is 0. The zero-order valence-electron chi connectivity index (χ0n) is 12.8. The van der Waals surface area contributed by atoms with Crippen molar-refractivity contribution in [3.63, 3.8) is 0 Å². The van der Waals surface area contributed by atoms with Gasteiger partial charge in [-0.2, -0.15) is 0 Å². The van der Waals surface area contributed by atoms with Gasteiger partial charge < -0.3 is 5.73 Å². The first kappa shape index (κ1) is 13.8. The van der Waals surface area contributed by atoms with Gasteiger partial charge in [-0.05, 0) is 50.5 Å². The molecule has 2 saturated heterocycles. The Morgan fingerprint density at radius 1 is 1.16 bits per heavy atom. The minimum atomic E-state index is 0.307. The Balaban J connectivity index is 1.74. The van der Waals surface area contributed by atoms with E-state index in [2.05, 4.69) is 23.6 Å². The zero-order valence-corrected chi connectivity index (χ0v) is 12.8. The van der Waals surface area contributed by atoms with Gasteiger partial charge >= 0.3 is 0 Å². The predicted octanol–water partition coefficient (Wildman–Crippen LogP) is 1.92. The number of rotatable bonds is 2. The first-order valence-electron chi connectivity index (χ1n) is 8.35. The molecule has 3 fully saturated rings. The normalized spacial score (nSPS) is 45.3. The van der Waals surface area contributed by atoms with Gasteiger partial charge in [0.1, 0.15) is 0 Å². The first-order valence-corrected chi connectivity index (χ1v) is 8.35. The molecule has 0 aromatic heterocycles. The smallest absolute Gasteiger partial charge is 0.0358 e. The monoisotopic (exact) mass is 265 g/mol. The molecule has 2 aliphatic heterocycles. The number of piperazine rings is 1. The van der Waals surface area contributed by atoms with Crippen molar-refractivity contribution in [2.75, 3.05) is 32.7 Å². The van der Waals surface area contributed by atoms with Crippen molar-refractivity contribution >= 4 is 0 Å². The van der Waals surface area contributed by atoms with Crippen molar-refractivity contribution < 1.29 is 0 Å². The minimum absolute atomic E-state index is 0.307. The van der Waals surface area contributed by atoms with Gasteiger partial charge in [-0.1, -0.05) is 13.8 Å². The molecule has 0 bridgehead atoms. The lowest BCUT2D eigenvalue weighted by Crippen LogP contribution is -2.65. The summed E-state index contributed by atoms with van der Waals surface area (Å²) in [5, 5.41) is 0. The van der Waals surface area contributed by atoms with Crippen LogP contribution in [0.25, 0.3) is 0 Å². The van der Waals surface area contributed by atoms with Crippen LogP contribution in [0.1, 0.15) is 46.0 Å². The van der Waals surface area contributed by atoms with Gasteiger partial charge in [0.15, 0.2) is 0 Å². The Morgan fingerprint density at radius 3 is 2.74 bits per heavy atom. The van der Waals surface area contributed by atoms with E-state index >= 15 is 0 Å². The summed E-state index contributed by atoms with van der Waals surface area (Å²) in [6.07, 6.45) is 6.86. The molecule has 110 valence electrons. The molecule has 0 aromatic rings. The summed E-state index contributed by atoms with van der Waals surface area (Å²) in [5.74, 6) is 1.65. The Hall–Kier alpha value is -0.120. The third-order valence-electron chi connectivity index (χ3n) is 6.31. The number of fused-ring (bicyclic) bond motifs is 1. The standard InChI is InChI=1S/C16H31N3/c1-13-5-6-16(12-17,14(2)10-13)19-9-8-18-7-3-4-15(18)11-19/h13-15H,3-12,17H2,1-2H3. The fraction of sp³-hybridized carbons (Fsp3) is 1.00. The van der Waals surface area contributed by atoms with Crippen molar-refractivity contribution in [3.8, 4) is 0 Å². The van der Waals surface area contributed by atoms with Gasteiger partial charge in [-0.25, -0.2) is 0 Å². The highest BCUT2D eigenvalue weighted by atomic mass is 15.3. The molecular weight excluding hydrogens is 234 g/mol. The number of hydrogen-bond acceptors (Lipinski definition) is 3. The predicted molar refractivity (Wildman–Crippen MR) is 80.1 cm³/mol. The van der Waals surface area contributed by atoms with E-state index in [4.69, 9.17) is 5.73 Å². The molecule has 0 aromatic carbocycles. The van der Waals surface area contributed by atoms with E-state index in [1.165, 1.54) is 58.3 Å². The van der Waals surface area contributed by atoms with E-state index in [0.717, 1.165) is 24.4 Å². The quantitative estimate of drug-likeness (QED) is 0.828. The Labute approximate surface area is 118 Å². The van der Waals surface area contributed by atoms with Crippen molar-refractivity contribution in [2.24, 2.45) is 17.6 Å². The minimum Gasteiger partial charge on any atom is -0.329 e. The van der Waals surface area contributed by atoms with Crippen LogP contribution in [0.4, 0.5) is 0 Å². The second-order valence-electron chi connectivity index (χ2n) is 7.37. The van der Waals surface area contributed by atoms with E-state index < -0.39 is 0 Å². The molecule has 19 heavy (non-hydrogen) atoms.